The van der Waals surface area contributed by atoms with Crippen molar-refractivity contribution >= 4 is 11.8 Å². The zero-order valence-electron chi connectivity index (χ0n) is 22.3. The van der Waals surface area contributed by atoms with Crippen LogP contribution in [0.3, 0.4) is 0 Å². The molecule has 36 heavy (non-hydrogen) atoms. The lowest BCUT2D eigenvalue weighted by Gasteiger charge is -2.32. The minimum absolute atomic E-state index is 0.0405. The summed E-state index contributed by atoms with van der Waals surface area (Å²) < 4.78 is 6.04. The third-order valence-corrected chi connectivity index (χ3v) is 6.29. The van der Waals surface area contributed by atoms with E-state index >= 15 is 0 Å². The quantitative estimate of drug-likeness (QED) is 0.414. The summed E-state index contributed by atoms with van der Waals surface area (Å²) >= 11 is 0. The highest BCUT2D eigenvalue weighted by molar-refractivity contribution is 5.88. The average molecular weight is 487 g/mol. The number of aryl methyl sites for hydroxylation is 3. The lowest BCUT2D eigenvalue weighted by Crippen LogP contribution is -2.52. The molecule has 3 rings (SSSR count). The molecule has 1 N–H and O–H groups in total. The van der Waals surface area contributed by atoms with Gasteiger partial charge in [-0.1, -0.05) is 66.2 Å². The van der Waals surface area contributed by atoms with Crippen LogP contribution in [0.25, 0.3) is 0 Å². The first-order chi connectivity index (χ1) is 17.1. The van der Waals surface area contributed by atoms with Gasteiger partial charge in [0.25, 0.3) is 5.91 Å². The van der Waals surface area contributed by atoms with Gasteiger partial charge >= 0.3 is 0 Å². The minimum Gasteiger partial charge on any atom is -0.483 e. The molecule has 5 nitrogen and oxygen atoms in total. The topological polar surface area (TPSA) is 58.6 Å². The highest BCUT2D eigenvalue weighted by Crippen LogP contribution is 2.24. The van der Waals surface area contributed by atoms with Crippen molar-refractivity contribution < 1.29 is 14.3 Å². The van der Waals surface area contributed by atoms with Gasteiger partial charge in [0, 0.05) is 19.0 Å². The van der Waals surface area contributed by atoms with Crippen molar-refractivity contribution in [3.05, 3.63) is 100 Å². The molecule has 1 atom stereocenters. The van der Waals surface area contributed by atoms with Gasteiger partial charge in [0.1, 0.15) is 11.8 Å². The Bertz CT molecular complexity index is 1170. The van der Waals surface area contributed by atoms with Gasteiger partial charge in [0.2, 0.25) is 5.91 Å². The first-order valence-corrected chi connectivity index (χ1v) is 12.5. The Balaban J connectivity index is 1.93. The van der Waals surface area contributed by atoms with Crippen LogP contribution in [0.2, 0.25) is 0 Å². The molecule has 0 radical (unpaired) electrons. The number of hydrogen-bond acceptors (Lipinski definition) is 3. The molecule has 0 fully saturated rings. The highest BCUT2D eigenvalue weighted by atomic mass is 16.5. The van der Waals surface area contributed by atoms with Crippen LogP contribution in [-0.4, -0.2) is 35.4 Å². The van der Waals surface area contributed by atoms with Crippen molar-refractivity contribution in [3.8, 4) is 5.75 Å². The van der Waals surface area contributed by atoms with Gasteiger partial charge in [-0.15, -0.1) is 0 Å². The highest BCUT2D eigenvalue weighted by Gasteiger charge is 2.31. The fraction of sp³-hybridized carbons (Fsp3) is 0.355. The summed E-state index contributed by atoms with van der Waals surface area (Å²) in [4.78, 5) is 28.8. The molecule has 0 heterocycles. The SMILES string of the molecule is Cc1ccc(CN(C(=O)COc2cc(C)cc(C)c2C)C(Cc2ccccc2)C(=O)NC(C)C)cc1. The van der Waals surface area contributed by atoms with E-state index in [1.54, 1.807) is 4.90 Å². The molecule has 0 aliphatic carbocycles. The van der Waals surface area contributed by atoms with Crippen molar-refractivity contribution in [1.82, 2.24) is 10.2 Å². The number of carbonyl (C=O) groups is 2. The summed E-state index contributed by atoms with van der Waals surface area (Å²) in [6, 6.07) is 21.2. The van der Waals surface area contributed by atoms with Crippen molar-refractivity contribution in [2.75, 3.05) is 6.61 Å². The predicted molar refractivity (Wildman–Crippen MR) is 145 cm³/mol. The van der Waals surface area contributed by atoms with E-state index in [1.165, 1.54) is 0 Å². The fourth-order valence-corrected chi connectivity index (χ4v) is 4.20. The Morgan fingerprint density at radius 1 is 0.861 bits per heavy atom. The second-order valence-electron chi connectivity index (χ2n) is 9.87. The van der Waals surface area contributed by atoms with Crippen molar-refractivity contribution in [1.29, 1.82) is 0 Å². The molecule has 3 aromatic rings. The third-order valence-electron chi connectivity index (χ3n) is 6.29. The molecule has 3 aromatic carbocycles. The van der Waals surface area contributed by atoms with E-state index in [1.807, 2.05) is 102 Å². The van der Waals surface area contributed by atoms with Crippen LogP contribution in [0, 0.1) is 27.7 Å². The molecule has 2 amide bonds. The van der Waals surface area contributed by atoms with Crippen LogP contribution in [-0.2, 0) is 22.6 Å². The second kappa shape index (κ2) is 12.4. The number of nitrogens with one attached hydrogen (secondary N) is 1. The van der Waals surface area contributed by atoms with Crippen LogP contribution in [0.15, 0.2) is 66.7 Å². The third kappa shape index (κ3) is 7.45. The van der Waals surface area contributed by atoms with Gasteiger partial charge in [-0.05, 0) is 75.4 Å². The zero-order valence-corrected chi connectivity index (χ0v) is 22.3. The molecule has 0 aliphatic heterocycles. The van der Waals surface area contributed by atoms with Crippen LogP contribution < -0.4 is 10.1 Å². The minimum atomic E-state index is -0.674. The number of carbonyl (C=O) groups excluding carboxylic acids is 2. The van der Waals surface area contributed by atoms with Crippen LogP contribution in [0.1, 0.15) is 47.2 Å². The summed E-state index contributed by atoms with van der Waals surface area (Å²) in [7, 11) is 0. The summed E-state index contributed by atoms with van der Waals surface area (Å²) in [6.07, 6.45) is 0.416. The first-order valence-electron chi connectivity index (χ1n) is 12.5. The monoisotopic (exact) mass is 486 g/mol. The number of rotatable bonds is 10. The zero-order chi connectivity index (χ0) is 26.2. The maximum atomic E-state index is 13.7. The smallest absolute Gasteiger partial charge is 0.261 e. The lowest BCUT2D eigenvalue weighted by atomic mass is 10.0. The van der Waals surface area contributed by atoms with E-state index in [2.05, 4.69) is 11.4 Å². The standard InChI is InChI=1S/C31H38N2O3/c1-21(2)32-31(35)28(18-26-10-8-7-9-11-26)33(19-27-14-12-22(3)13-15-27)30(34)20-36-29-17-23(4)16-24(5)25(29)6/h7-17,21,28H,18-20H2,1-6H3,(H,32,35). The van der Waals surface area contributed by atoms with Crippen molar-refractivity contribution in [2.24, 2.45) is 0 Å². The molecule has 1 unspecified atom stereocenters. The molecule has 0 bridgehead atoms. The average Bonchev–Trinajstić information content (AvgIpc) is 2.83. The molecule has 190 valence electrons. The van der Waals surface area contributed by atoms with Gasteiger partial charge in [0.15, 0.2) is 6.61 Å². The van der Waals surface area contributed by atoms with Crippen LogP contribution >= 0.6 is 0 Å². The van der Waals surface area contributed by atoms with Gasteiger partial charge < -0.3 is 15.0 Å². The molecule has 0 saturated carbocycles. The molecular formula is C31H38N2O3. The fourth-order valence-electron chi connectivity index (χ4n) is 4.20. The maximum Gasteiger partial charge on any atom is 0.261 e. The van der Waals surface area contributed by atoms with Crippen LogP contribution in [0.4, 0.5) is 0 Å². The van der Waals surface area contributed by atoms with Crippen molar-refractivity contribution in [2.45, 2.75) is 66.6 Å². The van der Waals surface area contributed by atoms with Gasteiger partial charge in [0.05, 0.1) is 0 Å². The van der Waals surface area contributed by atoms with Gasteiger partial charge in [-0.3, -0.25) is 9.59 Å². The maximum absolute atomic E-state index is 13.7. The molecule has 0 spiro atoms. The largest absolute Gasteiger partial charge is 0.483 e. The van der Waals surface area contributed by atoms with Gasteiger partial charge in [-0.2, -0.15) is 0 Å². The Labute approximate surface area is 215 Å². The van der Waals surface area contributed by atoms with Crippen molar-refractivity contribution in [3.63, 3.8) is 0 Å². The Hall–Kier alpha value is -3.60. The summed E-state index contributed by atoms with van der Waals surface area (Å²) in [5, 5.41) is 3.02. The van der Waals surface area contributed by atoms with Crippen LogP contribution in [0.5, 0.6) is 5.75 Å². The number of benzene rings is 3. The molecule has 0 saturated heterocycles. The lowest BCUT2D eigenvalue weighted by molar-refractivity contribution is -0.143. The summed E-state index contributed by atoms with van der Waals surface area (Å²) in [5.74, 6) is 0.299. The Morgan fingerprint density at radius 2 is 1.53 bits per heavy atom. The summed E-state index contributed by atoms with van der Waals surface area (Å²) in [6.45, 7) is 12.1. The second-order valence-corrected chi connectivity index (χ2v) is 9.87. The van der Waals surface area contributed by atoms with E-state index in [-0.39, 0.29) is 24.5 Å². The normalized spacial score (nSPS) is 11.8. The van der Waals surface area contributed by atoms with E-state index in [0.717, 1.165) is 33.4 Å². The Kier molecular flexibility index (Phi) is 9.29. The number of nitrogens with zero attached hydrogens (tertiary/aromatic N) is 1. The molecular weight excluding hydrogens is 448 g/mol. The number of ether oxygens (including phenoxy) is 1. The molecule has 5 heteroatoms. The predicted octanol–water partition coefficient (Wildman–Crippen LogP) is 5.46. The van der Waals surface area contributed by atoms with E-state index in [4.69, 9.17) is 4.74 Å². The molecule has 0 aromatic heterocycles. The number of amides is 2. The summed E-state index contributed by atoms with van der Waals surface area (Å²) in [5.41, 5.74) is 6.31. The molecule has 0 aliphatic rings. The van der Waals surface area contributed by atoms with E-state index in [9.17, 15) is 9.59 Å². The number of hydrogen-bond donors (Lipinski definition) is 1. The van der Waals surface area contributed by atoms with Gasteiger partial charge in [-0.25, -0.2) is 0 Å². The first kappa shape index (κ1) is 27.0. The van der Waals surface area contributed by atoms with E-state index < -0.39 is 6.04 Å². The Morgan fingerprint density at radius 3 is 2.17 bits per heavy atom. The van der Waals surface area contributed by atoms with E-state index in [0.29, 0.717) is 18.7 Å².